The van der Waals surface area contributed by atoms with Crippen LogP contribution in [0.15, 0.2) is 44.4 Å². The molecule has 0 aliphatic carbocycles. The summed E-state index contributed by atoms with van der Waals surface area (Å²) in [6, 6.07) is 8.97. The third-order valence-corrected chi connectivity index (χ3v) is 4.02. The van der Waals surface area contributed by atoms with Crippen LogP contribution in [0.25, 0.3) is 11.0 Å². The van der Waals surface area contributed by atoms with Gasteiger partial charge in [0.05, 0.1) is 12.5 Å². The maximum atomic E-state index is 11.5. The van der Waals surface area contributed by atoms with Crippen LogP contribution in [0, 0.1) is 5.92 Å². The topological polar surface area (TPSA) is 56.5 Å². The van der Waals surface area contributed by atoms with E-state index in [0.717, 1.165) is 22.5 Å². The standard InChI is InChI=1S/C16H18O4S/c1-11(2)16(18)19-8-5-9-21-14-10-15(17)20-13-7-4-3-6-12(13)14/h3-4,6-7,10-11H,5,8-9H2,1-2H3. The Morgan fingerprint density at radius 1 is 1.33 bits per heavy atom. The van der Waals surface area contributed by atoms with Gasteiger partial charge in [0.25, 0.3) is 0 Å². The Morgan fingerprint density at radius 3 is 2.86 bits per heavy atom. The van der Waals surface area contributed by atoms with E-state index in [1.807, 2.05) is 32.0 Å². The number of para-hydroxylation sites is 1. The van der Waals surface area contributed by atoms with Crippen molar-refractivity contribution in [3.63, 3.8) is 0 Å². The Hall–Kier alpha value is -1.75. The van der Waals surface area contributed by atoms with E-state index in [4.69, 9.17) is 9.15 Å². The van der Waals surface area contributed by atoms with E-state index in [9.17, 15) is 9.59 Å². The first-order valence-corrected chi connectivity index (χ1v) is 7.89. The van der Waals surface area contributed by atoms with Crippen molar-refractivity contribution in [1.82, 2.24) is 0 Å². The molecule has 0 amide bonds. The number of fused-ring (bicyclic) bond motifs is 1. The van der Waals surface area contributed by atoms with Crippen molar-refractivity contribution in [1.29, 1.82) is 0 Å². The Morgan fingerprint density at radius 2 is 2.10 bits per heavy atom. The number of ether oxygens (including phenoxy) is 1. The smallest absolute Gasteiger partial charge is 0.337 e. The Labute approximate surface area is 127 Å². The first-order chi connectivity index (χ1) is 10.1. The molecule has 0 N–H and O–H groups in total. The maximum absolute atomic E-state index is 11.5. The monoisotopic (exact) mass is 306 g/mol. The molecule has 1 heterocycles. The molecule has 1 aromatic carbocycles. The number of hydrogen-bond acceptors (Lipinski definition) is 5. The highest BCUT2D eigenvalue weighted by molar-refractivity contribution is 7.99. The molecule has 0 fully saturated rings. The summed E-state index contributed by atoms with van der Waals surface area (Å²) < 4.78 is 10.3. The largest absolute Gasteiger partial charge is 0.465 e. The molecule has 0 atom stereocenters. The van der Waals surface area contributed by atoms with Gasteiger partial charge in [-0.1, -0.05) is 32.0 Å². The van der Waals surface area contributed by atoms with Gasteiger partial charge >= 0.3 is 11.6 Å². The summed E-state index contributed by atoms with van der Waals surface area (Å²) >= 11 is 1.57. The number of carbonyl (C=O) groups excluding carboxylic acids is 1. The fourth-order valence-electron chi connectivity index (χ4n) is 1.78. The second-order valence-electron chi connectivity index (χ2n) is 4.95. The minimum absolute atomic E-state index is 0.0969. The zero-order valence-corrected chi connectivity index (χ0v) is 12.9. The normalized spacial score (nSPS) is 11.0. The van der Waals surface area contributed by atoms with Gasteiger partial charge in [0.1, 0.15) is 5.58 Å². The van der Waals surface area contributed by atoms with Crippen molar-refractivity contribution in [3.8, 4) is 0 Å². The number of rotatable bonds is 6. The third-order valence-electron chi connectivity index (χ3n) is 2.87. The SMILES string of the molecule is CC(C)C(=O)OCCCSc1cc(=O)oc2ccccc12. The van der Waals surface area contributed by atoms with Crippen molar-refractivity contribution in [2.75, 3.05) is 12.4 Å². The number of esters is 1. The van der Waals surface area contributed by atoms with E-state index in [2.05, 4.69) is 0 Å². The second kappa shape index (κ2) is 7.31. The van der Waals surface area contributed by atoms with Gasteiger partial charge in [0.15, 0.2) is 0 Å². The van der Waals surface area contributed by atoms with E-state index in [0.29, 0.717) is 12.2 Å². The summed E-state index contributed by atoms with van der Waals surface area (Å²) in [5.74, 6) is 0.505. The van der Waals surface area contributed by atoms with Gasteiger partial charge in [-0.05, 0) is 12.5 Å². The van der Waals surface area contributed by atoms with Crippen LogP contribution in [0.1, 0.15) is 20.3 Å². The van der Waals surface area contributed by atoms with E-state index in [1.54, 1.807) is 17.8 Å². The number of benzene rings is 1. The molecule has 5 heteroatoms. The molecule has 0 unspecified atom stereocenters. The highest BCUT2D eigenvalue weighted by atomic mass is 32.2. The Kier molecular flexibility index (Phi) is 5.44. The lowest BCUT2D eigenvalue weighted by Gasteiger charge is -2.07. The summed E-state index contributed by atoms with van der Waals surface area (Å²) in [7, 11) is 0. The van der Waals surface area contributed by atoms with Crippen LogP contribution in [0.3, 0.4) is 0 Å². The van der Waals surface area contributed by atoms with E-state index < -0.39 is 0 Å². The molecule has 0 aliphatic rings. The molecule has 0 bridgehead atoms. The van der Waals surface area contributed by atoms with Crippen LogP contribution >= 0.6 is 11.8 Å². The predicted octanol–water partition coefficient (Wildman–Crippen LogP) is 3.47. The van der Waals surface area contributed by atoms with E-state index in [-0.39, 0.29) is 17.5 Å². The molecule has 0 saturated carbocycles. The van der Waals surface area contributed by atoms with Crippen molar-refractivity contribution >= 4 is 28.7 Å². The Balaban J connectivity index is 1.92. The zero-order valence-electron chi connectivity index (χ0n) is 12.1. The molecule has 0 spiro atoms. The molecule has 4 nitrogen and oxygen atoms in total. The summed E-state index contributed by atoms with van der Waals surface area (Å²) in [5, 5.41) is 0.932. The van der Waals surface area contributed by atoms with E-state index in [1.165, 1.54) is 6.07 Å². The van der Waals surface area contributed by atoms with Crippen LogP contribution in [0.2, 0.25) is 0 Å². The van der Waals surface area contributed by atoms with Crippen LogP contribution < -0.4 is 5.63 Å². The van der Waals surface area contributed by atoms with Crippen LogP contribution in [0.5, 0.6) is 0 Å². The number of hydrogen-bond donors (Lipinski definition) is 0. The van der Waals surface area contributed by atoms with Crippen molar-refractivity contribution < 1.29 is 13.9 Å². The minimum atomic E-state index is -0.345. The van der Waals surface area contributed by atoms with Gasteiger partial charge in [-0.2, -0.15) is 0 Å². The molecule has 0 radical (unpaired) electrons. The highest BCUT2D eigenvalue weighted by Crippen LogP contribution is 2.26. The second-order valence-corrected chi connectivity index (χ2v) is 6.09. The van der Waals surface area contributed by atoms with Crippen LogP contribution in [-0.4, -0.2) is 18.3 Å². The molecule has 2 rings (SSSR count). The first kappa shape index (κ1) is 15.6. The van der Waals surface area contributed by atoms with Crippen LogP contribution in [-0.2, 0) is 9.53 Å². The lowest BCUT2D eigenvalue weighted by molar-refractivity contribution is -0.147. The first-order valence-electron chi connectivity index (χ1n) is 6.90. The molecular weight excluding hydrogens is 288 g/mol. The molecule has 0 saturated heterocycles. The number of thioether (sulfide) groups is 1. The van der Waals surface area contributed by atoms with Gasteiger partial charge < -0.3 is 9.15 Å². The fourth-order valence-corrected chi connectivity index (χ4v) is 2.77. The van der Waals surface area contributed by atoms with Gasteiger partial charge in [-0.15, -0.1) is 11.8 Å². The fraction of sp³-hybridized carbons (Fsp3) is 0.375. The van der Waals surface area contributed by atoms with E-state index >= 15 is 0 Å². The summed E-state index contributed by atoms with van der Waals surface area (Å²) in [4.78, 5) is 23.7. The quantitative estimate of drug-likeness (QED) is 0.354. The lowest BCUT2D eigenvalue weighted by atomic mass is 10.2. The average Bonchev–Trinajstić information content (AvgIpc) is 2.46. The van der Waals surface area contributed by atoms with Crippen LogP contribution in [0.4, 0.5) is 0 Å². The molecule has 2 aromatic rings. The van der Waals surface area contributed by atoms with Crippen molar-refractivity contribution in [2.45, 2.75) is 25.2 Å². The molecular formula is C16H18O4S. The molecule has 112 valence electrons. The lowest BCUT2D eigenvalue weighted by Crippen LogP contribution is -2.12. The maximum Gasteiger partial charge on any atom is 0.337 e. The van der Waals surface area contributed by atoms with Gasteiger partial charge in [-0.25, -0.2) is 4.79 Å². The third kappa shape index (κ3) is 4.36. The highest BCUT2D eigenvalue weighted by Gasteiger charge is 2.08. The molecule has 0 aliphatic heterocycles. The minimum Gasteiger partial charge on any atom is -0.465 e. The zero-order chi connectivity index (χ0) is 15.2. The summed E-state index contributed by atoms with van der Waals surface area (Å²) in [6.07, 6.45) is 0.748. The Bertz CT molecular complexity index is 675. The predicted molar refractivity (Wildman–Crippen MR) is 83.6 cm³/mol. The van der Waals surface area contributed by atoms with Crippen molar-refractivity contribution in [2.24, 2.45) is 5.92 Å². The van der Waals surface area contributed by atoms with Gasteiger partial charge in [-0.3, -0.25) is 4.79 Å². The summed E-state index contributed by atoms with van der Waals surface area (Å²) in [5.41, 5.74) is 0.251. The summed E-state index contributed by atoms with van der Waals surface area (Å²) in [6.45, 7) is 4.03. The van der Waals surface area contributed by atoms with Crippen molar-refractivity contribution in [3.05, 3.63) is 40.8 Å². The molecule has 21 heavy (non-hydrogen) atoms. The van der Waals surface area contributed by atoms with Gasteiger partial charge in [0, 0.05) is 22.1 Å². The number of carbonyl (C=O) groups is 1. The van der Waals surface area contributed by atoms with Gasteiger partial charge in [0.2, 0.25) is 0 Å². The average molecular weight is 306 g/mol. The molecule has 1 aromatic heterocycles.